The van der Waals surface area contributed by atoms with Gasteiger partial charge in [0.1, 0.15) is 19.0 Å². The van der Waals surface area contributed by atoms with E-state index in [1.54, 1.807) is 25.3 Å². The number of hydrogen-bond donors (Lipinski definition) is 0. The first-order chi connectivity index (χ1) is 10.2. The predicted octanol–water partition coefficient (Wildman–Crippen LogP) is 3.79. The molecule has 0 radical (unpaired) electrons. The van der Waals surface area contributed by atoms with Crippen LogP contribution in [0.1, 0.15) is 5.56 Å². The van der Waals surface area contributed by atoms with Gasteiger partial charge in [-0.15, -0.1) is 0 Å². The summed E-state index contributed by atoms with van der Waals surface area (Å²) < 4.78 is 17.2. The van der Waals surface area contributed by atoms with Crippen LogP contribution >= 0.6 is 15.9 Å². The van der Waals surface area contributed by atoms with Crippen LogP contribution < -0.4 is 14.2 Å². The van der Waals surface area contributed by atoms with Gasteiger partial charge in [-0.3, -0.25) is 0 Å². The molecule has 4 nitrogen and oxygen atoms in total. The summed E-state index contributed by atoms with van der Waals surface area (Å²) in [6.45, 7) is 0.787. The molecule has 2 rings (SSSR count). The molecule has 0 bridgehead atoms. The van der Waals surface area contributed by atoms with Gasteiger partial charge in [0.25, 0.3) is 0 Å². The molecule has 0 saturated heterocycles. The Labute approximate surface area is 132 Å². The fourth-order valence-electron chi connectivity index (χ4n) is 1.73. The molecule has 0 amide bonds. The van der Waals surface area contributed by atoms with Crippen molar-refractivity contribution in [3.8, 4) is 23.3 Å². The second kappa shape index (κ2) is 7.55. The molecular formula is C16H14BrNO3. The molecule has 0 spiro atoms. The van der Waals surface area contributed by atoms with Gasteiger partial charge in [-0.25, -0.2) is 0 Å². The molecule has 0 unspecified atom stereocenters. The van der Waals surface area contributed by atoms with Crippen molar-refractivity contribution in [2.75, 3.05) is 20.3 Å². The highest BCUT2D eigenvalue weighted by Gasteiger charge is 2.04. The predicted molar refractivity (Wildman–Crippen MR) is 82.8 cm³/mol. The smallest absolute Gasteiger partial charge is 0.161 e. The highest BCUT2D eigenvalue weighted by molar-refractivity contribution is 9.10. The average molecular weight is 348 g/mol. The van der Waals surface area contributed by atoms with Crippen LogP contribution in [0.3, 0.4) is 0 Å². The molecule has 0 aromatic heterocycles. The Morgan fingerprint density at radius 2 is 1.67 bits per heavy atom. The lowest BCUT2D eigenvalue weighted by Crippen LogP contribution is -2.09. The van der Waals surface area contributed by atoms with Crippen molar-refractivity contribution in [1.82, 2.24) is 0 Å². The van der Waals surface area contributed by atoms with E-state index in [-0.39, 0.29) is 0 Å². The summed E-state index contributed by atoms with van der Waals surface area (Å²) >= 11 is 3.37. The fourth-order valence-corrected chi connectivity index (χ4v) is 2.22. The maximum absolute atomic E-state index is 8.80. The largest absolute Gasteiger partial charge is 0.493 e. The second-order valence-electron chi connectivity index (χ2n) is 4.10. The van der Waals surface area contributed by atoms with E-state index in [1.807, 2.05) is 24.3 Å². The number of hydrogen-bond acceptors (Lipinski definition) is 4. The van der Waals surface area contributed by atoms with E-state index in [4.69, 9.17) is 19.5 Å². The van der Waals surface area contributed by atoms with Crippen molar-refractivity contribution in [1.29, 1.82) is 5.26 Å². The van der Waals surface area contributed by atoms with Crippen LogP contribution in [0.25, 0.3) is 0 Å². The molecule has 2 aromatic rings. The van der Waals surface area contributed by atoms with Gasteiger partial charge in [-0.05, 0) is 46.3 Å². The van der Waals surface area contributed by atoms with Gasteiger partial charge in [0.05, 0.1) is 23.2 Å². The molecular weight excluding hydrogens is 334 g/mol. The van der Waals surface area contributed by atoms with Gasteiger partial charge in [0, 0.05) is 0 Å². The van der Waals surface area contributed by atoms with E-state index in [2.05, 4.69) is 22.0 Å². The van der Waals surface area contributed by atoms with Gasteiger partial charge in [0.15, 0.2) is 11.5 Å². The first kappa shape index (κ1) is 15.2. The molecule has 0 saturated carbocycles. The quantitative estimate of drug-likeness (QED) is 0.746. The number of methoxy groups -OCH3 is 1. The SMILES string of the molecule is COc1ccccc1OCCOc1ccc(C#N)cc1Br. The number of para-hydroxylation sites is 2. The number of benzene rings is 2. The van der Waals surface area contributed by atoms with Crippen molar-refractivity contribution >= 4 is 15.9 Å². The molecule has 0 aliphatic carbocycles. The van der Waals surface area contributed by atoms with E-state index in [9.17, 15) is 0 Å². The van der Waals surface area contributed by atoms with Crippen molar-refractivity contribution in [2.45, 2.75) is 0 Å². The monoisotopic (exact) mass is 347 g/mol. The Hall–Kier alpha value is -2.19. The van der Waals surface area contributed by atoms with Gasteiger partial charge in [-0.2, -0.15) is 5.26 Å². The lowest BCUT2D eigenvalue weighted by atomic mass is 10.2. The maximum Gasteiger partial charge on any atom is 0.161 e. The fraction of sp³-hybridized carbons (Fsp3) is 0.188. The van der Waals surface area contributed by atoms with Crippen LogP contribution in [0.4, 0.5) is 0 Å². The van der Waals surface area contributed by atoms with E-state index >= 15 is 0 Å². The first-order valence-electron chi connectivity index (χ1n) is 6.33. The summed E-state index contributed by atoms with van der Waals surface area (Å²) in [6.07, 6.45) is 0. The summed E-state index contributed by atoms with van der Waals surface area (Å²) in [5.41, 5.74) is 0.583. The number of ether oxygens (including phenoxy) is 3. The Balaban J connectivity index is 1.86. The molecule has 2 aromatic carbocycles. The summed E-state index contributed by atoms with van der Waals surface area (Å²) in [5, 5.41) is 8.80. The average Bonchev–Trinajstić information content (AvgIpc) is 2.53. The summed E-state index contributed by atoms with van der Waals surface area (Å²) in [5.74, 6) is 2.05. The zero-order valence-electron chi connectivity index (χ0n) is 11.5. The number of rotatable bonds is 6. The third kappa shape index (κ3) is 4.14. The summed E-state index contributed by atoms with van der Waals surface area (Å²) in [6, 6.07) is 14.7. The van der Waals surface area contributed by atoms with E-state index in [0.717, 1.165) is 4.47 Å². The van der Waals surface area contributed by atoms with Crippen LogP contribution in [0.15, 0.2) is 46.9 Å². The molecule has 21 heavy (non-hydrogen) atoms. The topological polar surface area (TPSA) is 51.5 Å². The van der Waals surface area contributed by atoms with E-state index in [1.165, 1.54) is 0 Å². The van der Waals surface area contributed by atoms with Crippen LogP contribution in [0, 0.1) is 11.3 Å². The highest BCUT2D eigenvalue weighted by Crippen LogP contribution is 2.27. The van der Waals surface area contributed by atoms with Crippen LogP contribution in [0.2, 0.25) is 0 Å². The first-order valence-corrected chi connectivity index (χ1v) is 7.12. The second-order valence-corrected chi connectivity index (χ2v) is 4.96. The number of nitrogens with zero attached hydrogens (tertiary/aromatic N) is 1. The van der Waals surface area contributed by atoms with Crippen LogP contribution in [0.5, 0.6) is 17.2 Å². The van der Waals surface area contributed by atoms with Crippen LogP contribution in [-0.2, 0) is 0 Å². The van der Waals surface area contributed by atoms with Gasteiger partial charge < -0.3 is 14.2 Å². The highest BCUT2D eigenvalue weighted by atomic mass is 79.9. The minimum absolute atomic E-state index is 0.391. The van der Waals surface area contributed by atoms with E-state index < -0.39 is 0 Å². The molecule has 0 atom stereocenters. The van der Waals surface area contributed by atoms with Gasteiger partial charge in [-0.1, -0.05) is 12.1 Å². The number of nitriles is 1. The molecule has 0 heterocycles. The van der Waals surface area contributed by atoms with Crippen molar-refractivity contribution in [3.05, 3.63) is 52.5 Å². The Bertz CT molecular complexity index is 652. The minimum Gasteiger partial charge on any atom is -0.493 e. The van der Waals surface area contributed by atoms with Crippen molar-refractivity contribution in [2.24, 2.45) is 0 Å². The van der Waals surface area contributed by atoms with Crippen LogP contribution in [-0.4, -0.2) is 20.3 Å². The molecule has 5 heteroatoms. The molecule has 108 valence electrons. The van der Waals surface area contributed by atoms with Gasteiger partial charge in [0.2, 0.25) is 0 Å². The van der Waals surface area contributed by atoms with Crippen molar-refractivity contribution in [3.63, 3.8) is 0 Å². The lowest BCUT2D eigenvalue weighted by molar-refractivity contribution is 0.210. The zero-order chi connectivity index (χ0) is 15.1. The Kier molecular flexibility index (Phi) is 5.47. The number of halogens is 1. The standard InChI is InChI=1S/C16H14BrNO3/c1-19-15-4-2-3-5-16(15)21-9-8-20-14-7-6-12(11-18)10-13(14)17/h2-7,10H,8-9H2,1H3. The molecule has 0 N–H and O–H groups in total. The third-order valence-corrected chi connectivity index (χ3v) is 3.35. The normalized spacial score (nSPS) is 9.76. The third-order valence-electron chi connectivity index (χ3n) is 2.73. The Morgan fingerprint density at radius 3 is 2.29 bits per heavy atom. The zero-order valence-corrected chi connectivity index (χ0v) is 13.1. The van der Waals surface area contributed by atoms with Gasteiger partial charge >= 0.3 is 0 Å². The van der Waals surface area contributed by atoms with Crippen molar-refractivity contribution < 1.29 is 14.2 Å². The van der Waals surface area contributed by atoms with E-state index in [0.29, 0.717) is 36.0 Å². The lowest BCUT2D eigenvalue weighted by Gasteiger charge is -2.11. The molecule has 0 fully saturated rings. The minimum atomic E-state index is 0.391. The maximum atomic E-state index is 8.80. The summed E-state index contributed by atoms with van der Waals surface area (Å²) in [4.78, 5) is 0. The molecule has 0 aliphatic rings. The Morgan fingerprint density at radius 1 is 1.00 bits per heavy atom. The summed E-state index contributed by atoms with van der Waals surface area (Å²) in [7, 11) is 1.60. The molecule has 0 aliphatic heterocycles.